The molecule has 0 spiro atoms. The molecule has 0 amide bonds. The fraction of sp³-hybridized carbons (Fsp3) is 0.571. The van der Waals surface area contributed by atoms with Gasteiger partial charge in [0, 0.05) is 13.1 Å². The van der Waals surface area contributed by atoms with Gasteiger partial charge in [-0.1, -0.05) is 0 Å². The second kappa shape index (κ2) is 5.84. The zero-order valence-corrected chi connectivity index (χ0v) is 12.1. The van der Waals surface area contributed by atoms with Crippen LogP contribution in [0, 0.1) is 5.92 Å². The molecule has 0 bridgehead atoms. The van der Waals surface area contributed by atoms with Crippen molar-refractivity contribution in [2.45, 2.75) is 19.8 Å². The number of thiophene rings is 1. The molecule has 0 aromatic carbocycles. The fourth-order valence-corrected chi connectivity index (χ4v) is 3.60. The summed E-state index contributed by atoms with van der Waals surface area (Å²) in [4.78, 5) is 11.3. The lowest BCUT2D eigenvalue weighted by molar-refractivity contribution is 0.374. The van der Waals surface area contributed by atoms with Crippen LogP contribution in [0.15, 0.2) is 17.8 Å². The minimum absolute atomic E-state index is 0.783. The van der Waals surface area contributed by atoms with Gasteiger partial charge >= 0.3 is 0 Å². The molecule has 1 N–H and O–H groups in total. The van der Waals surface area contributed by atoms with Crippen LogP contribution in [0.4, 0.5) is 5.82 Å². The van der Waals surface area contributed by atoms with Gasteiger partial charge in [-0.2, -0.15) is 0 Å². The third kappa shape index (κ3) is 2.72. The van der Waals surface area contributed by atoms with Crippen molar-refractivity contribution in [3.63, 3.8) is 0 Å². The summed E-state index contributed by atoms with van der Waals surface area (Å²) < 4.78 is 1.22. The van der Waals surface area contributed by atoms with Gasteiger partial charge in [0.05, 0.1) is 10.2 Å². The van der Waals surface area contributed by atoms with E-state index in [0.717, 1.165) is 43.4 Å². The van der Waals surface area contributed by atoms with Gasteiger partial charge in [-0.3, -0.25) is 0 Å². The van der Waals surface area contributed by atoms with Crippen molar-refractivity contribution in [1.82, 2.24) is 15.3 Å². The summed E-state index contributed by atoms with van der Waals surface area (Å²) in [6, 6.07) is 2.07. The SMILES string of the molecule is CCN(CC1CCNCC1)c1ncnc2ccsc12. The van der Waals surface area contributed by atoms with E-state index in [1.807, 2.05) is 0 Å². The van der Waals surface area contributed by atoms with Crippen LogP contribution in [-0.2, 0) is 0 Å². The molecule has 4 nitrogen and oxygen atoms in total. The van der Waals surface area contributed by atoms with Gasteiger partial charge in [-0.15, -0.1) is 11.3 Å². The molecule has 19 heavy (non-hydrogen) atoms. The molecular formula is C14H20N4S. The van der Waals surface area contributed by atoms with Crippen LogP contribution < -0.4 is 10.2 Å². The van der Waals surface area contributed by atoms with Gasteiger partial charge in [-0.25, -0.2) is 9.97 Å². The van der Waals surface area contributed by atoms with Gasteiger partial charge < -0.3 is 10.2 Å². The molecule has 0 aliphatic carbocycles. The average Bonchev–Trinajstić information content (AvgIpc) is 2.94. The van der Waals surface area contributed by atoms with E-state index in [-0.39, 0.29) is 0 Å². The first-order valence-corrected chi connectivity index (χ1v) is 7.90. The van der Waals surface area contributed by atoms with E-state index in [2.05, 4.69) is 38.6 Å². The molecule has 2 aromatic rings. The number of anilines is 1. The van der Waals surface area contributed by atoms with E-state index < -0.39 is 0 Å². The largest absolute Gasteiger partial charge is 0.355 e. The van der Waals surface area contributed by atoms with Crippen LogP contribution in [0.2, 0.25) is 0 Å². The first kappa shape index (κ1) is 12.8. The van der Waals surface area contributed by atoms with Crippen LogP contribution in [0.3, 0.4) is 0 Å². The second-order valence-corrected chi connectivity index (χ2v) is 5.98. The summed E-state index contributed by atoms with van der Waals surface area (Å²) in [6.45, 7) is 6.64. The molecule has 1 fully saturated rings. The number of fused-ring (bicyclic) bond motifs is 1. The van der Waals surface area contributed by atoms with Crippen molar-refractivity contribution in [2.24, 2.45) is 5.92 Å². The van der Waals surface area contributed by atoms with Crippen molar-refractivity contribution in [2.75, 3.05) is 31.1 Å². The minimum atomic E-state index is 0.783. The van der Waals surface area contributed by atoms with Gasteiger partial charge in [0.1, 0.15) is 12.1 Å². The van der Waals surface area contributed by atoms with E-state index in [4.69, 9.17) is 0 Å². The third-order valence-electron chi connectivity index (χ3n) is 3.84. The van der Waals surface area contributed by atoms with Crippen LogP contribution in [-0.4, -0.2) is 36.1 Å². The summed E-state index contributed by atoms with van der Waals surface area (Å²) >= 11 is 1.74. The molecule has 3 rings (SSSR count). The van der Waals surface area contributed by atoms with E-state index >= 15 is 0 Å². The maximum absolute atomic E-state index is 4.53. The Labute approximate surface area is 117 Å². The van der Waals surface area contributed by atoms with Crippen molar-refractivity contribution in [1.29, 1.82) is 0 Å². The first-order chi connectivity index (χ1) is 9.38. The Hall–Kier alpha value is -1.20. The minimum Gasteiger partial charge on any atom is -0.355 e. The van der Waals surface area contributed by atoms with Crippen molar-refractivity contribution in [3.8, 4) is 0 Å². The van der Waals surface area contributed by atoms with Gasteiger partial charge in [0.15, 0.2) is 0 Å². The summed E-state index contributed by atoms with van der Waals surface area (Å²) in [5.41, 5.74) is 1.07. The number of aromatic nitrogens is 2. The molecular weight excluding hydrogens is 256 g/mol. The predicted octanol–water partition coefficient (Wildman–Crippen LogP) is 2.52. The lowest BCUT2D eigenvalue weighted by Crippen LogP contribution is -2.36. The highest BCUT2D eigenvalue weighted by molar-refractivity contribution is 7.17. The highest BCUT2D eigenvalue weighted by Gasteiger charge is 2.19. The normalized spacial score (nSPS) is 16.9. The monoisotopic (exact) mass is 276 g/mol. The van der Waals surface area contributed by atoms with Crippen molar-refractivity contribution >= 4 is 27.4 Å². The Morgan fingerprint density at radius 1 is 1.37 bits per heavy atom. The molecule has 1 saturated heterocycles. The van der Waals surface area contributed by atoms with Crippen LogP contribution in [0.25, 0.3) is 10.2 Å². The Kier molecular flexibility index (Phi) is 3.94. The zero-order chi connectivity index (χ0) is 13.1. The molecule has 1 aliphatic rings. The van der Waals surface area contributed by atoms with Crippen LogP contribution in [0.1, 0.15) is 19.8 Å². The maximum atomic E-state index is 4.53. The topological polar surface area (TPSA) is 41.0 Å². The molecule has 0 radical (unpaired) electrons. The first-order valence-electron chi connectivity index (χ1n) is 7.02. The summed E-state index contributed by atoms with van der Waals surface area (Å²) in [7, 11) is 0. The number of nitrogens with zero attached hydrogens (tertiary/aromatic N) is 3. The average molecular weight is 276 g/mol. The molecule has 1 aliphatic heterocycles. The van der Waals surface area contributed by atoms with E-state index in [1.54, 1.807) is 17.7 Å². The Morgan fingerprint density at radius 2 is 2.21 bits per heavy atom. The molecule has 0 saturated carbocycles. The quantitative estimate of drug-likeness (QED) is 0.931. The Bertz CT molecular complexity index is 533. The van der Waals surface area contributed by atoms with E-state index in [9.17, 15) is 0 Å². The van der Waals surface area contributed by atoms with Gasteiger partial charge in [-0.05, 0) is 50.2 Å². The zero-order valence-electron chi connectivity index (χ0n) is 11.3. The maximum Gasteiger partial charge on any atom is 0.150 e. The van der Waals surface area contributed by atoms with Gasteiger partial charge in [0.25, 0.3) is 0 Å². The standard InChI is InChI=1S/C14H20N4S/c1-2-18(9-11-3-6-15-7-4-11)14-13-12(5-8-19-13)16-10-17-14/h5,8,10-11,15H,2-4,6-7,9H2,1H3. The van der Waals surface area contributed by atoms with Gasteiger partial charge in [0.2, 0.25) is 0 Å². The van der Waals surface area contributed by atoms with Crippen molar-refractivity contribution in [3.05, 3.63) is 17.8 Å². The lowest BCUT2D eigenvalue weighted by atomic mass is 9.97. The molecule has 5 heteroatoms. The molecule has 0 unspecified atom stereocenters. The Balaban J connectivity index is 1.82. The summed E-state index contributed by atoms with van der Waals surface area (Å²) in [5.74, 6) is 1.90. The molecule has 3 heterocycles. The van der Waals surface area contributed by atoms with Crippen molar-refractivity contribution < 1.29 is 0 Å². The highest BCUT2D eigenvalue weighted by atomic mass is 32.1. The summed E-state index contributed by atoms with van der Waals surface area (Å²) in [5, 5.41) is 5.53. The van der Waals surface area contributed by atoms with Crippen LogP contribution >= 0.6 is 11.3 Å². The van der Waals surface area contributed by atoms with Crippen LogP contribution in [0.5, 0.6) is 0 Å². The predicted molar refractivity (Wildman–Crippen MR) is 80.9 cm³/mol. The lowest BCUT2D eigenvalue weighted by Gasteiger charge is -2.30. The van der Waals surface area contributed by atoms with E-state index in [1.165, 1.54) is 17.5 Å². The third-order valence-corrected chi connectivity index (χ3v) is 4.74. The fourth-order valence-electron chi connectivity index (χ4n) is 2.74. The Morgan fingerprint density at radius 3 is 3.00 bits per heavy atom. The summed E-state index contributed by atoms with van der Waals surface area (Å²) in [6.07, 6.45) is 4.24. The number of hydrogen-bond acceptors (Lipinski definition) is 5. The number of rotatable bonds is 4. The smallest absolute Gasteiger partial charge is 0.150 e. The molecule has 102 valence electrons. The van der Waals surface area contributed by atoms with E-state index in [0.29, 0.717) is 0 Å². The second-order valence-electron chi connectivity index (χ2n) is 5.06. The molecule has 2 aromatic heterocycles. The number of nitrogens with one attached hydrogen (secondary N) is 1. The molecule has 0 atom stereocenters. The highest BCUT2D eigenvalue weighted by Crippen LogP contribution is 2.29. The number of piperidine rings is 1. The number of hydrogen-bond donors (Lipinski definition) is 1.